The first-order valence-electron chi connectivity index (χ1n) is 7.37. The van der Waals surface area contributed by atoms with Gasteiger partial charge in [-0.15, -0.1) is 0 Å². The molecule has 0 amide bonds. The van der Waals surface area contributed by atoms with Crippen molar-refractivity contribution in [2.45, 2.75) is 0 Å². The third-order valence-electron chi connectivity index (χ3n) is 3.71. The molecule has 3 aromatic rings. The summed E-state index contributed by atoms with van der Waals surface area (Å²) in [5.74, 6) is -1.75. The SMILES string of the molecule is O=C(c1ccc(C(=O)c2ccccc2Cl)c(F)c1)c1ccccc1Cl. The highest BCUT2D eigenvalue weighted by Gasteiger charge is 2.19. The van der Waals surface area contributed by atoms with Gasteiger partial charge in [-0.1, -0.05) is 53.5 Å². The number of halogens is 3. The van der Waals surface area contributed by atoms with E-state index >= 15 is 0 Å². The van der Waals surface area contributed by atoms with Crippen molar-refractivity contribution in [2.75, 3.05) is 0 Å². The monoisotopic (exact) mass is 372 g/mol. The van der Waals surface area contributed by atoms with Crippen LogP contribution in [0, 0.1) is 5.82 Å². The van der Waals surface area contributed by atoms with Gasteiger partial charge >= 0.3 is 0 Å². The van der Waals surface area contributed by atoms with Crippen LogP contribution < -0.4 is 0 Å². The van der Waals surface area contributed by atoms with Crippen LogP contribution in [0.3, 0.4) is 0 Å². The maximum atomic E-state index is 14.4. The number of carbonyl (C=O) groups is 2. The number of hydrogen-bond donors (Lipinski definition) is 0. The van der Waals surface area contributed by atoms with Crippen molar-refractivity contribution >= 4 is 34.8 Å². The quantitative estimate of drug-likeness (QED) is 0.559. The molecule has 0 N–H and O–H groups in total. The molecule has 3 rings (SSSR count). The first-order chi connectivity index (χ1) is 12.0. The van der Waals surface area contributed by atoms with E-state index in [2.05, 4.69) is 0 Å². The van der Waals surface area contributed by atoms with Crippen LogP contribution >= 0.6 is 23.2 Å². The average molecular weight is 373 g/mol. The molecule has 0 spiro atoms. The second-order valence-electron chi connectivity index (χ2n) is 5.31. The zero-order chi connectivity index (χ0) is 18.0. The molecular formula is C20H11Cl2FO2. The molecule has 0 aromatic heterocycles. The van der Waals surface area contributed by atoms with Crippen LogP contribution in [0.15, 0.2) is 66.7 Å². The van der Waals surface area contributed by atoms with Gasteiger partial charge in [-0.25, -0.2) is 4.39 Å². The number of ketones is 2. The minimum atomic E-state index is -0.789. The Morgan fingerprint density at radius 1 is 0.680 bits per heavy atom. The van der Waals surface area contributed by atoms with Crippen molar-refractivity contribution in [2.24, 2.45) is 0 Å². The van der Waals surface area contributed by atoms with E-state index in [0.717, 1.165) is 6.07 Å². The summed E-state index contributed by atoms with van der Waals surface area (Å²) < 4.78 is 14.4. The predicted octanol–water partition coefficient (Wildman–Crippen LogP) is 5.59. The van der Waals surface area contributed by atoms with E-state index in [0.29, 0.717) is 0 Å². The smallest absolute Gasteiger partial charge is 0.197 e. The Balaban J connectivity index is 1.97. The third kappa shape index (κ3) is 3.48. The average Bonchev–Trinajstić information content (AvgIpc) is 2.61. The summed E-state index contributed by atoms with van der Waals surface area (Å²) in [5.41, 5.74) is 0.437. The fourth-order valence-electron chi connectivity index (χ4n) is 2.43. The first kappa shape index (κ1) is 17.3. The standard InChI is InChI=1S/C20H11Cl2FO2/c21-16-7-3-1-5-13(16)19(24)12-9-10-15(18(23)11-12)20(25)14-6-2-4-8-17(14)22/h1-11H. The minimum Gasteiger partial charge on any atom is -0.289 e. The van der Waals surface area contributed by atoms with Crippen LogP contribution in [0.25, 0.3) is 0 Å². The molecule has 0 saturated carbocycles. The van der Waals surface area contributed by atoms with Crippen LogP contribution in [0.2, 0.25) is 10.0 Å². The second-order valence-corrected chi connectivity index (χ2v) is 6.13. The molecule has 3 aromatic carbocycles. The van der Waals surface area contributed by atoms with Crippen molar-refractivity contribution in [1.29, 1.82) is 0 Å². The van der Waals surface area contributed by atoms with Crippen molar-refractivity contribution in [3.05, 3.63) is 105 Å². The Morgan fingerprint density at radius 2 is 1.20 bits per heavy atom. The van der Waals surface area contributed by atoms with Crippen LogP contribution in [0.4, 0.5) is 4.39 Å². The maximum Gasteiger partial charge on any atom is 0.197 e. The Morgan fingerprint density at radius 3 is 1.72 bits per heavy atom. The van der Waals surface area contributed by atoms with Crippen molar-refractivity contribution in [3.63, 3.8) is 0 Å². The summed E-state index contributed by atoms with van der Waals surface area (Å²) in [7, 11) is 0. The minimum absolute atomic E-state index is 0.112. The molecule has 0 fully saturated rings. The highest BCUT2D eigenvalue weighted by molar-refractivity contribution is 6.35. The normalized spacial score (nSPS) is 10.5. The molecule has 0 unspecified atom stereocenters. The molecule has 0 aliphatic rings. The van der Waals surface area contributed by atoms with Gasteiger partial charge in [-0.05, 0) is 36.4 Å². The number of rotatable bonds is 4. The molecule has 2 nitrogen and oxygen atoms in total. The molecule has 0 atom stereocenters. The third-order valence-corrected chi connectivity index (χ3v) is 4.37. The van der Waals surface area contributed by atoms with E-state index in [1.165, 1.54) is 18.2 Å². The summed E-state index contributed by atoms with van der Waals surface area (Å²) >= 11 is 12.0. The first-order valence-corrected chi connectivity index (χ1v) is 8.12. The second kappa shape index (κ2) is 7.18. The molecule has 0 saturated heterocycles. The molecule has 0 aliphatic carbocycles. The topological polar surface area (TPSA) is 34.1 Å². The molecule has 0 aliphatic heterocycles. The lowest BCUT2D eigenvalue weighted by atomic mass is 9.98. The molecule has 124 valence electrons. The predicted molar refractivity (Wildman–Crippen MR) is 96.2 cm³/mol. The fourth-order valence-corrected chi connectivity index (χ4v) is 2.87. The number of benzene rings is 3. The highest BCUT2D eigenvalue weighted by atomic mass is 35.5. The lowest BCUT2D eigenvalue weighted by Crippen LogP contribution is -2.08. The summed E-state index contributed by atoms with van der Waals surface area (Å²) in [6, 6.07) is 16.6. The van der Waals surface area contributed by atoms with Gasteiger partial charge in [0, 0.05) is 16.7 Å². The van der Waals surface area contributed by atoms with Crippen LogP contribution in [0.5, 0.6) is 0 Å². The van der Waals surface area contributed by atoms with Gasteiger partial charge in [0.2, 0.25) is 0 Å². The summed E-state index contributed by atoms with van der Waals surface area (Å²) in [6.45, 7) is 0. The molecule has 5 heteroatoms. The zero-order valence-corrected chi connectivity index (χ0v) is 14.3. The van der Waals surface area contributed by atoms with E-state index < -0.39 is 17.4 Å². The maximum absolute atomic E-state index is 14.4. The van der Waals surface area contributed by atoms with Gasteiger partial charge in [0.05, 0.1) is 15.6 Å². The highest BCUT2D eigenvalue weighted by Crippen LogP contribution is 2.23. The zero-order valence-electron chi connectivity index (χ0n) is 12.8. The van der Waals surface area contributed by atoms with Crippen molar-refractivity contribution < 1.29 is 14.0 Å². The Hall–Kier alpha value is -2.49. The number of hydrogen-bond acceptors (Lipinski definition) is 2. The van der Waals surface area contributed by atoms with Gasteiger partial charge in [0.15, 0.2) is 11.6 Å². The Bertz CT molecular complexity index is 983. The number of carbonyl (C=O) groups excluding carboxylic acids is 2. The summed E-state index contributed by atoms with van der Waals surface area (Å²) in [5, 5.41) is 0.521. The Kier molecular flexibility index (Phi) is 4.98. The van der Waals surface area contributed by atoms with Crippen molar-refractivity contribution in [3.8, 4) is 0 Å². The van der Waals surface area contributed by atoms with E-state index in [1.54, 1.807) is 42.5 Å². The van der Waals surface area contributed by atoms with Crippen LogP contribution in [-0.4, -0.2) is 11.6 Å². The lowest BCUT2D eigenvalue weighted by Gasteiger charge is -2.07. The van der Waals surface area contributed by atoms with Gasteiger partial charge in [0.1, 0.15) is 5.82 Å². The fraction of sp³-hybridized carbons (Fsp3) is 0. The van der Waals surface area contributed by atoms with Crippen LogP contribution in [0.1, 0.15) is 31.8 Å². The van der Waals surface area contributed by atoms with Gasteiger partial charge < -0.3 is 0 Å². The molecular weight excluding hydrogens is 362 g/mol. The molecule has 0 bridgehead atoms. The lowest BCUT2D eigenvalue weighted by molar-refractivity contribution is 0.102. The van der Waals surface area contributed by atoms with Gasteiger partial charge in [0.25, 0.3) is 0 Å². The van der Waals surface area contributed by atoms with E-state index in [9.17, 15) is 14.0 Å². The molecule has 25 heavy (non-hydrogen) atoms. The molecule has 0 radical (unpaired) electrons. The van der Waals surface area contributed by atoms with E-state index in [1.807, 2.05) is 0 Å². The Labute approximate surface area is 153 Å². The summed E-state index contributed by atoms with van der Waals surface area (Å²) in [6.07, 6.45) is 0. The molecule has 0 heterocycles. The van der Waals surface area contributed by atoms with E-state index in [-0.39, 0.29) is 32.3 Å². The largest absolute Gasteiger partial charge is 0.289 e. The summed E-state index contributed by atoms with van der Waals surface area (Å²) in [4.78, 5) is 24.9. The van der Waals surface area contributed by atoms with Crippen LogP contribution in [-0.2, 0) is 0 Å². The van der Waals surface area contributed by atoms with Gasteiger partial charge in [-0.3, -0.25) is 9.59 Å². The van der Waals surface area contributed by atoms with Crippen molar-refractivity contribution in [1.82, 2.24) is 0 Å². The van der Waals surface area contributed by atoms with E-state index in [4.69, 9.17) is 23.2 Å². The van der Waals surface area contributed by atoms with Gasteiger partial charge in [-0.2, -0.15) is 0 Å².